The molecule has 0 heterocycles. The van der Waals surface area contributed by atoms with Crippen LogP contribution < -0.4 is 5.32 Å². The number of amides is 1. The first kappa shape index (κ1) is 9.82. The van der Waals surface area contributed by atoms with Gasteiger partial charge in [0.2, 0.25) is 5.91 Å². The molecule has 0 fully saturated rings. The Labute approximate surface area is 67.8 Å². The van der Waals surface area contributed by atoms with E-state index in [1.165, 1.54) is 0 Å². The van der Waals surface area contributed by atoms with E-state index in [4.69, 9.17) is 0 Å². The maximum Gasteiger partial charge on any atom is 0.220 e. The van der Waals surface area contributed by atoms with Crippen molar-refractivity contribution in [2.45, 2.75) is 38.5 Å². The van der Waals surface area contributed by atoms with Crippen LogP contribution in [0.4, 0.5) is 0 Å². The number of carbonyl (C=O) groups excluding carboxylic acids is 1. The van der Waals surface area contributed by atoms with Crippen LogP contribution in [0.25, 0.3) is 0 Å². The largest absolute Gasteiger partial charge is 0.345 e. The Bertz CT molecular complexity index is 106. The third kappa shape index (κ3) is 4.68. The summed E-state index contributed by atoms with van der Waals surface area (Å²) < 4.78 is 0. The van der Waals surface area contributed by atoms with Gasteiger partial charge in [0, 0.05) is 6.42 Å². The van der Waals surface area contributed by atoms with E-state index >= 15 is 0 Å². The molecule has 0 aliphatic carbocycles. The van der Waals surface area contributed by atoms with E-state index in [1.54, 1.807) is 0 Å². The summed E-state index contributed by atoms with van der Waals surface area (Å²) in [5.41, 5.74) is 0. The van der Waals surface area contributed by atoms with Crippen molar-refractivity contribution < 1.29 is 4.79 Å². The molecule has 3 heteroatoms. The van der Waals surface area contributed by atoms with Crippen LogP contribution in [0, 0.1) is 0 Å². The van der Waals surface area contributed by atoms with Crippen LogP contribution in [0.3, 0.4) is 0 Å². The summed E-state index contributed by atoms with van der Waals surface area (Å²) in [5, 5.41) is 2.78. The van der Waals surface area contributed by atoms with Gasteiger partial charge in [-0.2, -0.15) is 12.6 Å². The van der Waals surface area contributed by atoms with E-state index in [2.05, 4.69) is 17.9 Å². The monoisotopic (exact) mass is 161 g/mol. The average Bonchev–Trinajstić information content (AvgIpc) is 1.88. The number of hydrogen-bond acceptors (Lipinski definition) is 2. The van der Waals surface area contributed by atoms with Gasteiger partial charge >= 0.3 is 0 Å². The standard InChI is InChI=1S/C7H15NOS/c1-3-5-6(9)8-7(10)4-2/h7,10H,3-5H2,1-2H3,(H,8,9). The zero-order valence-electron chi connectivity index (χ0n) is 6.55. The number of thiol groups is 1. The van der Waals surface area contributed by atoms with Gasteiger partial charge in [-0.1, -0.05) is 13.8 Å². The Kier molecular flexibility index (Phi) is 5.49. The lowest BCUT2D eigenvalue weighted by Crippen LogP contribution is -2.29. The fourth-order valence-electron chi connectivity index (χ4n) is 0.587. The zero-order chi connectivity index (χ0) is 7.98. The molecule has 0 aromatic rings. The van der Waals surface area contributed by atoms with Crippen molar-refractivity contribution in [1.82, 2.24) is 5.32 Å². The zero-order valence-corrected chi connectivity index (χ0v) is 7.45. The highest BCUT2D eigenvalue weighted by atomic mass is 32.1. The van der Waals surface area contributed by atoms with Gasteiger partial charge in [-0.25, -0.2) is 0 Å². The maximum absolute atomic E-state index is 10.9. The first-order valence-corrected chi connectivity index (χ1v) is 4.19. The minimum Gasteiger partial charge on any atom is -0.345 e. The van der Waals surface area contributed by atoms with Gasteiger partial charge in [0.25, 0.3) is 0 Å². The van der Waals surface area contributed by atoms with Gasteiger partial charge in [-0.05, 0) is 12.8 Å². The molecule has 0 saturated heterocycles. The number of hydrogen-bond donors (Lipinski definition) is 2. The molecule has 0 spiro atoms. The van der Waals surface area contributed by atoms with E-state index in [0.29, 0.717) is 6.42 Å². The summed E-state index contributed by atoms with van der Waals surface area (Å²) in [4.78, 5) is 10.9. The molecule has 1 unspecified atom stereocenters. The SMILES string of the molecule is CCCC(=O)NC(S)CC. The topological polar surface area (TPSA) is 29.1 Å². The van der Waals surface area contributed by atoms with Crippen molar-refractivity contribution in [3.63, 3.8) is 0 Å². The van der Waals surface area contributed by atoms with E-state index in [9.17, 15) is 4.79 Å². The van der Waals surface area contributed by atoms with Gasteiger partial charge in [0.15, 0.2) is 0 Å². The molecule has 2 nitrogen and oxygen atoms in total. The maximum atomic E-state index is 10.9. The van der Waals surface area contributed by atoms with Gasteiger partial charge in [-0.15, -0.1) is 0 Å². The third-order valence-corrected chi connectivity index (χ3v) is 1.69. The molecule has 0 radical (unpaired) electrons. The van der Waals surface area contributed by atoms with Crippen LogP contribution in [-0.4, -0.2) is 11.3 Å². The summed E-state index contributed by atoms with van der Waals surface area (Å²) in [7, 11) is 0. The highest BCUT2D eigenvalue weighted by molar-refractivity contribution is 7.80. The second-order valence-electron chi connectivity index (χ2n) is 2.24. The predicted molar refractivity (Wildman–Crippen MR) is 46.1 cm³/mol. The quantitative estimate of drug-likeness (QED) is 0.475. The van der Waals surface area contributed by atoms with Crippen molar-refractivity contribution in [1.29, 1.82) is 0 Å². The smallest absolute Gasteiger partial charge is 0.220 e. The fraction of sp³-hybridized carbons (Fsp3) is 0.857. The Balaban J connectivity index is 3.37. The minimum absolute atomic E-state index is 0.0269. The van der Waals surface area contributed by atoms with E-state index in [0.717, 1.165) is 12.8 Å². The molecular weight excluding hydrogens is 146 g/mol. The van der Waals surface area contributed by atoms with Crippen LogP contribution in [0.2, 0.25) is 0 Å². The number of rotatable bonds is 4. The molecule has 0 saturated carbocycles. The Hall–Kier alpha value is -0.180. The summed E-state index contributed by atoms with van der Waals surface area (Å²) >= 11 is 4.13. The molecule has 1 amide bonds. The molecule has 0 aromatic carbocycles. The van der Waals surface area contributed by atoms with E-state index in [-0.39, 0.29) is 11.3 Å². The molecule has 0 bridgehead atoms. The molecule has 10 heavy (non-hydrogen) atoms. The van der Waals surface area contributed by atoms with Crippen molar-refractivity contribution in [3.05, 3.63) is 0 Å². The van der Waals surface area contributed by atoms with Crippen molar-refractivity contribution in [2.24, 2.45) is 0 Å². The van der Waals surface area contributed by atoms with Crippen LogP contribution in [0.5, 0.6) is 0 Å². The Morgan fingerprint density at radius 1 is 1.60 bits per heavy atom. The molecular formula is C7H15NOS. The van der Waals surface area contributed by atoms with Crippen LogP contribution >= 0.6 is 12.6 Å². The molecule has 0 aromatic heterocycles. The van der Waals surface area contributed by atoms with Crippen molar-refractivity contribution >= 4 is 18.5 Å². The summed E-state index contributed by atoms with van der Waals surface area (Å²) in [5.74, 6) is 0.101. The summed E-state index contributed by atoms with van der Waals surface area (Å²) in [6.07, 6.45) is 2.38. The third-order valence-electron chi connectivity index (χ3n) is 1.19. The summed E-state index contributed by atoms with van der Waals surface area (Å²) in [6, 6.07) is 0. The van der Waals surface area contributed by atoms with E-state index in [1.807, 2.05) is 13.8 Å². The molecule has 0 aliphatic heterocycles. The normalized spacial score (nSPS) is 12.7. The molecule has 1 N–H and O–H groups in total. The fourth-order valence-corrected chi connectivity index (χ4v) is 0.731. The Morgan fingerprint density at radius 2 is 2.20 bits per heavy atom. The lowest BCUT2D eigenvalue weighted by Gasteiger charge is -2.08. The van der Waals surface area contributed by atoms with Crippen LogP contribution in [-0.2, 0) is 4.79 Å². The second-order valence-corrected chi connectivity index (χ2v) is 2.86. The van der Waals surface area contributed by atoms with Crippen LogP contribution in [0.1, 0.15) is 33.1 Å². The number of carbonyl (C=O) groups is 1. The first-order valence-electron chi connectivity index (χ1n) is 3.68. The van der Waals surface area contributed by atoms with Gasteiger partial charge in [0.05, 0.1) is 5.37 Å². The van der Waals surface area contributed by atoms with Gasteiger partial charge < -0.3 is 5.32 Å². The van der Waals surface area contributed by atoms with Crippen molar-refractivity contribution in [2.75, 3.05) is 0 Å². The number of nitrogens with one attached hydrogen (secondary N) is 1. The predicted octanol–water partition coefficient (Wildman–Crippen LogP) is 1.57. The highest BCUT2D eigenvalue weighted by Gasteiger charge is 2.02. The molecule has 60 valence electrons. The minimum atomic E-state index is 0.0269. The molecule has 1 atom stereocenters. The van der Waals surface area contributed by atoms with Crippen LogP contribution in [0.15, 0.2) is 0 Å². The van der Waals surface area contributed by atoms with E-state index < -0.39 is 0 Å². The molecule has 0 aliphatic rings. The van der Waals surface area contributed by atoms with Crippen molar-refractivity contribution in [3.8, 4) is 0 Å². The second kappa shape index (κ2) is 5.59. The van der Waals surface area contributed by atoms with Gasteiger partial charge in [-0.3, -0.25) is 4.79 Å². The molecule has 0 rings (SSSR count). The lowest BCUT2D eigenvalue weighted by molar-refractivity contribution is -0.121. The highest BCUT2D eigenvalue weighted by Crippen LogP contribution is 1.96. The summed E-state index contributed by atoms with van der Waals surface area (Å²) in [6.45, 7) is 3.98. The van der Waals surface area contributed by atoms with Gasteiger partial charge in [0.1, 0.15) is 0 Å². The first-order chi connectivity index (χ1) is 4.70. The lowest BCUT2D eigenvalue weighted by atomic mass is 10.3. The Morgan fingerprint density at radius 3 is 2.60 bits per heavy atom. The average molecular weight is 161 g/mol.